The average molecular weight is 336 g/mol. The summed E-state index contributed by atoms with van der Waals surface area (Å²) in [7, 11) is 3.15. The first-order valence-electron chi connectivity index (χ1n) is 7.12. The Morgan fingerprint density at radius 1 is 1.26 bits per heavy atom. The maximum absolute atomic E-state index is 12.4. The summed E-state index contributed by atoms with van der Waals surface area (Å²) in [6.07, 6.45) is 0. The third-order valence-corrected chi connectivity index (χ3v) is 3.75. The molecule has 1 heterocycles. The van der Waals surface area contributed by atoms with Crippen molar-refractivity contribution in [3.63, 3.8) is 0 Å². The molecular formula is C16H20N2O4S. The maximum atomic E-state index is 12.4. The zero-order chi connectivity index (χ0) is 16.8. The van der Waals surface area contributed by atoms with Crippen LogP contribution in [0.5, 0.6) is 5.75 Å². The predicted octanol–water partition coefficient (Wildman–Crippen LogP) is 1.53. The minimum absolute atomic E-state index is 0.193. The van der Waals surface area contributed by atoms with Crippen LogP contribution >= 0.6 is 12.2 Å². The summed E-state index contributed by atoms with van der Waals surface area (Å²) in [4.78, 5) is 12.4. The molecule has 1 aliphatic heterocycles. The van der Waals surface area contributed by atoms with Gasteiger partial charge in [0, 0.05) is 12.8 Å². The van der Waals surface area contributed by atoms with Crippen LogP contribution in [0.2, 0.25) is 0 Å². The smallest absolute Gasteiger partial charge is 0.317 e. The van der Waals surface area contributed by atoms with Crippen LogP contribution in [0.1, 0.15) is 11.6 Å². The van der Waals surface area contributed by atoms with Gasteiger partial charge in [-0.05, 0) is 29.9 Å². The highest BCUT2D eigenvalue weighted by molar-refractivity contribution is 7.80. The molecule has 0 bridgehead atoms. The Morgan fingerprint density at radius 3 is 2.57 bits per heavy atom. The number of methoxy groups -OCH3 is 2. The standard InChI is InChI=1S/C16H20N2O4S/c1-10-13(15(19)22-9-8-20-2)14(18-16(23)17-10)11-4-6-12(21-3)7-5-11/h4-7,13-14H,1,8-9H2,2-3H3,(H2,17,18,23)/t13-,14+/m0/s1. The summed E-state index contributed by atoms with van der Waals surface area (Å²) in [5.74, 6) is -0.231. The first-order chi connectivity index (χ1) is 11.1. The van der Waals surface area contributed by atoms with Crippen LogP contribution in [-0.2, 0) is 14.3 Å². The second kappa shape index (κ2) is 7.94. The molecule has 1 fully saturated rings. The lowest BCUT2D eigenvalue weighted by Gasteiger charge is -2.34. The van der Waals surface area contributed by atoms with E-state index in [2.05, 4.69) is 17.2 Å². The number of hydrogen-bond donors (Lipinski definition) is 2. The molecule has 124 valence electrons. The zero-order valence-electron chi connectivity index (χ0n) is 13.1. The molecule has 1 saturated heterocycles. The molecule has 1 aromatic rings. The number of carbonyl (C=O) groups excluding carboxylic acids is 1. The first-order valence-corrected chi connectivity index (χ1v) is 7.53. The van der Waals surface area contributed by atoms with E-state index in [-0.39, 0.29) is 18.6 Å². The molecule has 7 heteroatoms. The molecule has 0 spiro atoms. The number of hydrogen-bond acceptors (Lipinski definition) is 5. The Hall–Kier alpha value is -2.12. The molecule has 1 aromatic carbocycles. The van der Waals surface area contributed by atoms with Gasteiger partial charge in [0.05, 0.1) is 19.8 Å². The highest BCUT2D eigenvalue weighted by Gasteiger charge is 2.37. The van der Waals surface area contributed by atoms with Gasteiger partial charge in [-0.1, -0.05) is 18.7 Å². The lowest BCUT2D eigenvalue weighted by atomic mass is 9.89. The van der Waals surface area contributed by atoms with E-state index in [9.17, 15) is 4.79 Å². The van der Waals surface area contributed by atoms with E-state index in [0.717, 1.165) is 11.3 Å². The van der Waals surface area contributed by atoms with E-state index >= 15 is 0 Å². The second-order valence-electron chi connectivity index (χ2n) is 5.01. The van der Waals surface area contributed by atoms with Crippen molar-refractivity contribution in [1.82, 2.24) is 10.6 Å². The molecule has 0 aliphatic carbocycles. The molecule has 0 unspecified atom stereocenters. The number of rotatable bonds is 6. The van der Waals surface area contributed by atoms with E-state index in [1.807, 2.05) is 24.3 Å². The Bertz CT molecular complexity index is 588. The van der Waals surface area contributed by atoms with Crippen molar-refractivity contribution in [2.24, 2.45) is 5.92 Å². The Balaban J connectivity index is 2.21. The number of nitrogens with one attached hydrogen (secondary N) is 2. The topological polar surface area (TPSA) is 68.8 Å². The highest BCUT2D eigenvalue weighted by atomic mass is 32.1. The van der Waals surface area contributed by atoms with Gasteiger partial charge in [-0.15, -0.1) is 0 Å². The molecule has 2 atom stereocenters. The van der Waals surface area contributed by atoms with Crippen LogP contribution in [-0.4, -0.2) is 38.5 Å². The van der Waals surface area contributed by atoms with Crippen LogP contribution in [0.3, 0.4) is 0 Å². The molecule has 1 aliphatic rings. The minimum Gasteiger partial charge on any atom is -0.497 e. The molecule has 6 nitrogen and oxygen atoms in total. The van der Waals surface area contributed by atoms with Gasteiger partial charge >= 0.3 is 5.97 Å². The van der Waals surface area contributed by atoms with E-state index in [0.29, 0.717) is 17.4 Å². The van der Waals surface area contributed by atoms with Crippen LogP contribution in [0.15, 0.2) is 36.5 Å². The van der Waals surface area contributed by atoms with Gasteiger partial charge in [-0.25, -0.2) is 0 Å². The van der Waals surface area contributed by atoms with E-state index in [1.165, 1.54) is 0 Å². The van der Waals surface area contributed by atoms with Crippen molar-refractivity contribution in [1.29, 1.82) is 0 Å². The van der Waals surface area contributed by atoms with Crippen LogP contribution in [0.25, 0.3) is 0 Å². The summed E-state index contributed by atoms with van der Waals surface area (Å²) in [6, 6.07) is 7.08. The zero-order valence-corrected chi connectivity index (χ0v) is 13.9. The van der Waals surface area contributed by atoms with Gasteiger partial charge in [-0.2, -0.15) is 0 Å². The normalized spacial score (nSPS) is 20.4. The fraction of sp³-hybridized carbons (Fsp3) is 0.375. The number of thiocarbonyl (C=S) groups is 1. The summed E-state index contributed by atoms with van der Waals surface area (Å²) in [5, 5.41) is 6.43. The van der Waals surface area contributed by atoms with Gasteiger partial charge in [-0.3, -0.25) is 4.79 Å². The van der Waals surface area contributed by atoms with Gasteiger partial charge in [0.1, 0.15) is 18.3 Å². The lowest BCUT2D eigenvalue weighted by Crippen LogP contribution is -2.51. The van der Waals surface area contributed by atoms with E-state index in [4.69, 9.17) is 26.4 Å². The van der Waals surface area contributed by atoms with Crippen LogP contribution < -0.4 is 15.4 Å². The summed E-state index contributed by atoms with van der Waals surface area (Å²) < 4.78 is 15.3. The van der Waals surface area contributed by atoms with Crippen molar-refractivity contribution in [2.75, 3.05) is 27.4 Å². The maximum Gasteiger partial charge on any atom is 0.317 e. The van der Waals surface area contributed by atoms with Crippen LogP contribution in [0.4, 0.5) is 0 Å². The summed E-state index contributed by atoms with van der Waals surface area (Å²) in [5.41, 5.74) is 1.40. The number of benzene rings is 1. The van der Waals surface area contributed by atoms with Crippen LogP contribution in [0, 0.1) is 5.92 Å². The molecule has 0 aromatic heterocycles. The van der Waals surface area contributed by atoms with Crippen molar-refractivity contribution < 1.29 is 19.0 Å². The molecule has 23 heavy (non-hydrogen) atoms. The Kier molecular flexibility index (Phi) is 5.95. The Morgan fingerprint density at radius 2 is 1.96 bits per heavy atom. The monoisotopic (exact) mass is 336 g/mol. The second-order valence-corrected chi connectivity index (χ2v) is 5.42. The van der Waals surface area contributed by atoms with E-state index < -0.39 is 5.92 Å². The molecule has 2 N–H and O–H groups in total. The van der Waals surface area contributed by atoms with Crippen molar-refractivity contribution >= 4 is 23.3 Å². The Labute approximate surface area is 140 Å². The summed E-state index contributed by atoms with van der Waals surface area (Å²) in [6.45, 7) is 4.45. The quantitative estimate of drug-likeness (QED) is 0.464. The van der Waals surface area contributed by atoms with Gasteiger partial charge in [0.25, 0.3) is 0 Å². The number of ether oxygens (including phenoxy) is 3. The van der Waals surface area contributed by atoms with Crippen molar-refractivity contribution in [3.05, 3.63) is 42.1 Å². The SMILES string of the molecule is C=C1NC(=S)N[C@H](c2ccc(OC)cc2)[C@H]1C(=O)OCCOC. The molecular weight excluding hydrogens is 316 g/mol. The fourth-order valence-corrected chi connectivity index (χ4v) is 2.62. The van der Waals surface area contributed by atoms with Gasteiger partial charge < -0.3 is 24.8 Å². The number of carbonyl (C=O) groups is 1. The minimum atomic E-state index is -0.591. The number of esters is 1. The van der Waals surface area contributed by atoms with E-state index in [1.54, 1.807) is 14.2 Å². The first kappa shape index (κ1) is 17.2. The van der Waals surface area contributed by atoms with Gasteiger partial charge in [0.2, 0.25) is 0 Å². The third-order valence-electron chi connectivity index (χ3n) is 3.53. The third kappa shape index (κ3) is 4.20. The molecule has 0 saturated carbocycles. The van der Waals surface area contributed by atoms with Gasteiger partial charge in [0.15, 0.2) is 5.11 Å². The predicted molar refractivity (Wildman–Crippen MR) is 90.1 cm³/mol. The van der Waals surface area contributed by atoms with Crippen molar-refractivity contribution in [3.8, 4) is 5.75 Å². The molecule has 0 amide bonds. The lowest BCUT2D eigenvalue weighted by molar-refractivity contribution is -0.149. The average Bonchev–Trinajstić information content (AvgIpc) is 2.54. The highest BCUT2D eigenvalue weighted by Crippen LogP contribution is 2.31. The molecule has 2 rings (SSSR count). The van der Waals surface area contributed by atoms with Crippen molar-refractivity contribution in [2.45, 2.75) is 6.04 Å². The largest absolute Gasteiger partial charge is 0.497 e. The fourth-order valence-electron chi connectivity index (χ4n) is 2.37. The summed E-state index contributed by atoms with van der Waals surface area (Å²) >= 11 is 5.17. The molecule has 0 radical (unpaired) electrons.